The molecule has 0 saturated heterocycles. The maximum atomic E-state index is 12.0. The first-order chi connectivity index (χ1) is 10.6. The Labute approximate surface area is 128 Å². The number of esters is 1. The molecule has 1 atom stereocenters. The SMILES string of the molecule is CCOCC(=O)O[C@H](C)C(=O)Nc1ccc2c(c1)OCCO2. The van der Waals surface area contributed by atoms with Gasteiger partial charge < -0.3 is 24.3 Å². The highest BCUT2D eigenvalue weighted by atomic mass is 16.6. The van der Waals surface area contributed by atoms with Crippen LogP contribution in [0.25, 0.3) is 0 Å². The van der Waals surface area contributed by atoms with Gasteiger partial charge >= 0.3 is 5.97 Å². The van der Waals surface area contributed by atoms with Gasteiger partial charge in [-0.25, -0.2) is 4.79 Å². The number of hydrogen-bond acceptors (Lipinski definition) is 6. The highest BCUT2D eigenvalue weighted by Crippen LogP contribution is 2.32. The Hall–Kier alpha value is -2.28. The second kappa shape index (κ2) is 7.65. The number of rotatable bonds is 6. The van der Waals surface area contributed by atoms with Crippen molar-refractivity contribution >= 4 is 17.6 Å². The van der Waals surface area contributed by atoms with Crippen LogP contribution in [0.15, 0.2) is 18.2 Å². The minimum atomic E-state index is -0.916. The lowest BCUT2D eigenvalue weighted by molar-refractivity contribution is -0.157. The topological polar surface area (TPSA) is 83.1 Å². The van der Waals surface area contributed by atoms with Crippen molar-refractivity contribution in [1.29, 1.82) is 0 Å². The first kappa shape index (κ1) is 16.1. The molecule has 0 saturated carbocycles. The summed E-state index contributed by atoms with van der Waals surface area (Å²) in [5, 5.41) is 2.66. The molecule has 7 nitrogen and oxygen atoms in total. The van der Waals surface area contributed by atoms with Crippen LogP contribution in [0.2, 0.25) is 0 Å². The summed E-state index contributed by atoms with van der Waals surface area (Å²) in [6.45, 7) is 4.48. The zero-order valence-electron chi connectivity index (χ0n) is 12.6. The van der Waals surface area contributed by atoms with Gasteiger partial charge in [-0.15, -0.1) is 0 Å². The van der Waals surface area contributed by atoms with Crippen molar-refractivity contribution in [1.82, 2.24) is 0 Å². The van der Waals surface area contributed by atoms with Crippen LogP contribution in [0, 0.1) is 0 Å². The molecule has 1 aromatic rings. The Balaban J connectivity index is 1.89. The lowest BCUT2D eigenvalue weighted by atomic mass is 10.2. The molecule has 1 aliphatic heterocycles. The molecule has 1 aromatic carbocycles. The van der Waals surface area contributed by atoms with Crippen LogP contribution < -0.4 is 14.8 Å². The van der Waals surface area contributed by atoms with Gasteiger partial charge in [0, 0.05) is 18.4 Å². The lowest BCUT2D eigenvalue weighted by Gasteiger charge is -2.19. The Morgan fingerprint density at radius 3 is 2.73 bits per heavy atom. The molecular weight excluding hydrogens is 290 g/mol. The molecule has 22 heavy (non-hydrogen) atoms. The van der Waals surface area contributed by atoms with Gasteiger partial charge in [-0.05, 0) is 26.0 Å². The van der Waals surface area contributed by atoms with E-state index in [1.807, 2.05) is 0 Å². The molecule has 0 radical (unpaired) electrons. The fraction of sp³-hybridized carbons (Fsp3) is 0.467. The van der Waals surface area contributed by atoms with Gasteiger partial charge in [0.15, 0.2) is 17.6 Å². The van der Waals surface area contributed by atoms with Crippen LogP contribution >= 0.6 is 0 Å². The van der Waals surface area contributed by atoms with E-state index in [0.29, 0.717) is 37.0 Å². The van der Waals surface area contributed by atoms with Gasteiger partial charge in [0.25, 0.3) is 5.91 Å². The van der Waals surface area contributed by atoms with E-state index in [1.165, 1.54) is 6.92 Å². The number of hydrogen-bond donors (Lipinski definition) is 1. The maximum absolute atomic E-state index is 12.0. The summed E-state index contributed by atoms with van der Waals surface area (Å²) in [5.74, 6) is 0.207. The van der Waals surface area contributed by atoms with Crippen LogP contribution in [0.1, 0.15) is 13.8 Å². The average molecular weight is 309 g/mol. The van der Waals surface area contributed by atoms with Crippen molar-refractivity contribution < 1.29 is 28.5 Å². The largest absolute Gasteiger partial charge is 0.486 e. The van der Waals surface area contributed by atoms with E-state index in [0.717, 1.165) is 0 Å². The van der Waals surface area contributed by atoms with Crippen molar-refractivity contribution in [2.45, 2.75) is 20.0 Å². The van der Waals surface area contributed by atoms with Gasteiger partial charge in [-0.2, -0.15) is 0 Å². The minimum absolute atomic E-state index is 0.169. The first-order valence-corrected chi connectivity index (χ1v) is 7.08. The van der Waals surface area contributed by atoms with Gasteiger partial charge in [0.1, 0.15) is 19.8 Å². The smallest absolute Gasteiger partial charge is 0.332 e. The lowest BCUT2D eigenvalue weighted by Crippen LogP contribution is -2.31. The number of fused-ring (bicyclic) bond motifs is 1. The molecule has 0 bridgehead atoms. The van der Waals surface area contributed by atoms with Crippen LogP contribution in [0.4, 0.5) is 5.69 Å². The monoisotopic (exact) mass is 309 g/mol. The van der Waals surface area contributed by atoms with Crippen LogP contribution in [0.3, 0.4) is 0 Å². The third-order valence-corrected chi connectivity index (χ3v) is 2.91. The fourth-order valence-electron chi connectivity index (χ4n) is 1.84. The van der Waals surface area contributed by atoms with Gasteiger partial charge in [-0.1, -0.05) is 0 Å². The van der Waals surface area contributed by atoms with Crippen molar-refractivity contribution in [3.63, 3.8) is 0 Å². The maximum Gasteiger partial charge on any atom is 0.332 e. The summed E-state index contributed by atoms with van der Waals surface area (Å²) < 4.78 is 20.7. The predicted octanol–water partition coefficient (Wildman–Crippen LogP) is 1.36. The molecular formula is C15H19NO6. The number of ether oxygens (including phenoxy) is 4. The van der Waals surface area contributed by atoms with Crippen molar-refractivity contribution in [3.8, 4) is 11.5 Å². The van der Waals surface area contributed by atoms with Gasteiger partial charge in [0.2, 0.25) is 0 Å². The number of anilines is 1. The number of nitrogens with one attached hydrogen (secondary N) is 1. The molecule has 0 fully saturated rings. The van der Waals surface area contributed by atoms with Gasteiger partial charge in [-0.3, -0.25) is 4.79 Å². The van der Waals surface area contributed by atoms with Crippen LogP contribution in [-0.2, 0) is 19.1 Å². The highest BCUT2D eigenvalue weighted by molar-refractivity contribution is 5.95. The first-order valence-electron chi connectivity index (χ1n) is 7.08. The Morgan fingerprint density at radius 1 is 1.27 bits per heavy atom. The molecule has 0 aliphatic carbocycles. The van der Waals surface area contributed by atoms with Crippen molar-refractivity contribution in [2.24, 2.45) is 0 Å². The second-order valence-corrected chi connectivity index (χ2v) is 4.62. The quantitative estimate of drug-likeness (QED) is 0.799. The molecule has 1 heterocycles. The third kappa shape index (κ3) is 4.36. The van der Waals surface area contributed by atoms with E-state index < -0.39 is 18.0 Å². The van der Waals surface area contributed by atoms with E-state index in [1.54, 1.807) is 25.1 Å². The number of carbonyl (C=O) groups is 2. The average Bonchev–Trinajstić information content (AvgIpc) is 2.52. The molecule has 1 amide bonds. The zero-order valence-corrected chi connectivity index (χ0v) is 12.6. The highest BCUT2D eigenvalue weighted by Gasteiger charge is 2.19. The zero-order chi connectivity index (χ0) is 15.9. The normalized spacial score (nSPS) is 14.1. The molecule has 0 aromatic heterocycles. The van der Waals surface area contributed by atoms with E-state index >= 15 is 0 Å². The molecule has 0 unspecified atom stereocenters. The predicted molar refractivity (Wildman–Crippen MR) is 78.1 cm³/mol. The summed E-state index contributed by atoms with van der Waals surface area (Å²) in [6.07, 6.45) is -0.916. The Kier molecular flexibility index (Phi) is 5.60. The third-order valence-electron chi connectivity index (χ3n) is 2.91. The van der Waals surface area contributed by atoms with E-state index in [-0.39, 0.29) is 6.61 Å². The molecule has 0 spiro atoms. The molecule has 1 N–H and O–H groups in total. The Morgan fingerprint density at radius 2 is 2.00 bits per heavy atom. The second-order valence-electron chi connectivity index (χ2n) is 4.62. The summed E-state index contributed by atoms with van der Waals surface area (Å²) in [4.78, 5) is 23.4. The molecule has 120 valence electrons. The Bertz CT molecular complexity index is 545. The van der Waals surface area contributed by atoms with E-state index in [4.69, 9.17) is 18.9 Å². The standard InChI is InChI=1S/C15H19NO6/c1-3-19-9-14(17)22-10(2)15(18)16-11-4-5-12-13(8-11)21-7-6-20-12/h4-5,8,10H,3,6-7,9H2,1-2H3,(H,16,18)/t10-/m1/s1. The summed E-state index contributed by atoms with van der Waals surface area (Å²) >= 11 is 0. The fourth-order valence-corrected chi connectivity index (χ4v) is 1.84. The summed E-state index contributed by atoms with van der Waals surface area (Å²) in [6, 6.07) is 5.08. The van der Waals surface area contributed by atoms with Crippen molar-refractivity contribution in [3.05, 3.63) is 18.2 Å². The number of benzene rings is 1. The van der Waals surface area contributed by atoms with Crippen molar-refractivity contribution in [2.75, 3.05) is 31.7 Å². The molecule has 2 rings (SSSR count). The van der Waals surface area contributed by atoms with Gasteiger partial charge in [0.05, 0.1) is 0 Å². The summed E-state index contributed by atoms with van der Waals surface area (Å²) in [5.41, 5.74) is 0.543. The van der Waals surface area contributed by atoms with E-state index in [9.17, 15) is 9.59 Å². The number of amides is 1. The molecule has 7 heteroatoms. The molecule has 1 aliphatic rings. The van der Waals surface area contributed by atoms with Crippen LogP contribution in [0.5, 0.6) is 11.5 Å². The van der Waals surface area contributed by atoms with E-state index in [2.05, 4.69) is 5.32 Å². The van der Waals surface area contributed by atoms with Crippen LogP contribution in [-0.4, -0.2) is 44.4 Å². The number of carbonyl (C=O) groups excluding carboxylic acids is 2. The minimum Gasteiger partial charge on any atom is -0.486 e. The summed E-state index contributed by atoms with van der Waals surface area (Å²) in [7, 11) is 0.